The zero-order valence-corrected chi connectivity index (χ0v) is 10.9. The number of phenolic OH excluding ortho intramolecular Hbond substituents is 2. The smallest absolute Gasteiger partial charge is 0.160 e. The number of benzene rings is 1. The number of rotatable bonds is 1. The second kappa shape index (κ2) is 4.47. The van der Waals surface area contributed by atoms with Gasteiger partial charge in [-0.2, -0.15) is 0 Å². The lowest BCUT2D eigenvalue weighted by Gasteiger charge is -2.44. The molecule has 1 saturated heterocycles. The molecule has 1 aliphatic carbocycles. The number of likely N-dealkylation sites (tertiary alicyclic amines) is 1. The van der Waals surface area contributed by atoms with E-state index >= 15 is 0 Å². The van der Waals surface area contributed by atoms with Crippen molar-refractivity contribution < 1.29 is 10.2 Å². The summed E-state index contributed by atoms with van der Waals surface area (Å²) < 4.78 is 0. The highest BCUT2D eigenvalue weighted by Gasteiger charge is 2.36. The zero-order valence-electron chi connectivity index (χ0n) is 10.9. The summed E-state index contributed by atoms with van der Waals surface area (Å²) in [5, 5.41) is 19.6. The van der Waals surface area contributed by atoms with Crippen LogP contribution in [0.5, 0.6) is 11.5 Å². The first kappa shape index (κ1) is 11.8. The van der Waals surface area contributed by atoms with Gasteiger partial charge in [0.1, 0.15) is 0 Å². The maximum absolute atomic E-state index is 9.99. The molecule has 0 spiro atoms. The largest absolute Gasteiger partial charge is 0.504 e. The molecule has 18 heavy (non-hydrogen) atoms. The van der Waals surface area contributed by atoms with Gasteiger partial charge in [-0.1, -0.05) is 13.0 Å². The maximum atomic E-state index is 9.99. The Bertz CT molecular complexity index is 458. The number of likely N-dealkylation sites (N-methyl/N-ethyl adjacent to an activating group) is 1. The van der Waals surface area contributed by atoms with E-state index in [0.717, 1.165) is 24.9 Å². The molecule has 1 heterocycles. The second-order valence-corrected chi connectivity index (χ2v) is 5.48. The van der Waals surface area contributed by atoms with Crippen molar-refractivity contribution in [2.24, 2.45) is 0 Å². The van der Waals surface area contributed by atoms with Crippen molar-refractivity contribution in [3.8, 4) is 11.5 Å². The van der Waals surface area contributed by atoms with Crippen LogP contribution in [0.15, 0.2) is 12.1 Å². The van der Waals surface area contributed by atoms with Crippen LogP contribution in [0, 0.1) is 0 Å². The standard InChI is InChI=1S/C15H21NO2/c1-2-16-9-3-4-11-10-6-8-14(17)15(18)12(10)5-7-13(11)16/h6,8,11,13,17-18H,2-5,7,9H2,1H3/t11-,13?/m0/s1. The number of hydrogen-bond acceptors (Lipinski definition) is 3. The first-order valence-corrected chi connectivity index (χ1v) is 7.00. The van der Waals surface area contributed by atoms with Gasteiger partial charge in [-0.05, 0) is 56.3 Å². The number of nitrogens with zero attached hydrogens (tertiary/aromatic N) is 1. The minimum atomic E-state index is 0.0235. The Morgan fingerprint density at radius 3 is 2.89 bits per heavy atom. The predicted molar refractivity (Wildman–Crippen MR) is 71.1 cm³/mol. The molecule has 2 atom stereocenters. The molecular formula is C15H21NO2. The van der Waals surface area contributed by atoms with E-state index in [1.807, 2.05) is 6.07 Å². The van der Waals surface area contributed by atoms with Gasteiger partial charge in [-0.3, -0.25) is 0 Å². The van der Waals surface area contributed by atoms with Crippen LogP contribution in [0.25, 0.3) is 0 Å². The van der Waals surface area contributed by atoms with Gasteiger partial charge >= 0.3 is 0 Å². The monoisotopic (exact) mass is 247 g/mol. The molecule has 98 valence electrons. The second-order valence-electron chi connectivity index (χ2n) is 5.48. The molecule has 3 nitrogen and oxygen atoms in total. The summed E-state index contributed by atoms with van der Waals surface area (Å²) in [6.07, 6.45) is 4.42. The van der Waals surface area contributed by atoms with Gasteiger partial charge in [0.25, 0.3) is 0 Å². The zero-order chi connectivity index (χ0) is 12.7. The van der Waals surface area contributed by atoms with Crippen LogP contribution in [0.3, 0.4) is 0 Å². The van der Waals surface area contributed by atoms with E-state index < -0.39 is 0 Å². The first-order valence-electron chi connectivity index (χ1n) is 7.00. The van der Waals surface area contributed by atoms with E-state index in [4.69, 9.17) is 0 Å². The Labute approximate surface area is 108 Å². The van der Waals surface area contributed by atoms with Gasteiger partial charge < -0.3 is 15.1 Å². The Morgan fingerprint density at radius 2 is 2.11 bits per heavy atom. The normalized spacial score (nSPS) is 27.6. The number of piperidine rings is 1. The molecule has 1 aliphatic heterocycles. The molecule has 1 unspecified atom stereocenters. The Kier molecular flexibility index (Phi) is 2.94. The molecule has 1 aromatic carbocycles. The topological polar surface area (TPSA) is 43.7 Å². The van der Waals surface area contributed by atoms with Crippen LogP contribution >= 0.6 is 0 Å². The van der Waals surface area contributed by atoms with E-state index in [1.165, 1.54) is 24.9 Å². The molecule has 2 N–H and O–H groups in total. The fraction of sp³-hybridized carbons (Fsp3) is 0.600. The van der Waals surface area contributed by atoms with Crippen LogP contribution in [0.2, 0.25) is 0 Å². The van der Waals surface area contributed by atoms with Crippen molar-refractivity contribution in [3.05, 3.63) is 23.3 Å². The predicted octanol–water partition coefficient (Wildman–Crippen LogP) is 2.61. The molecule has 0 saturated carbocycles. The van der Waals surface area contributed by atoms with Gasteiger partial charge in [-0.25, -0.2) is 0 Å². The minimum absolute atomic E-state index is 0.0235. The minimum Gasteiger partial charge on any atom is -0.504 e. The molecule has 0 radical (unpaired) electrons. The van der Waals surface area contributed by atoms with Gasteiger partial charge in [0.15, 0.2) is 11.5 Å². The van der Waals surface area contributed by atoms with Gasteiger partial charge in [0.05, 0.1) is 0 Å². The van der Waals surface area contributed by atoms with Gasteiger partial charge in [-0.15, -0.1) is 0 Å². The van der Waals surface area contributed by atoms with E-state index in [0.29, 0.717) is 12.0 Å². The number of phenols is 2. The molecule has 0 aromatic heterocycles. The highest BCUT2D eigenvalue weighted by molar-refractivity contribution is 5.51. The van der Waals surface area contributed by atoms with E-state index in [2.05, 4.69) is 11.8 Å². The summed E-state index contributed by atoms with van der Waals surface area (Å²) >= 11 is 0. The van der Waals surface area contributed by atoms with E-state index in [1.54, 1.807) is 6.07 Å². The average molecular weight is 247 g/mol. The molecule has 0 amide bonds. The third-order valence-corrected chi connectivity index (χ3v) is 4.69. The van der Waals surface area contributed by atoms with Gasteiger partial charge in [0, 0.05) is 11.6 Å². The van der Waals surface area contributed by atoms with Crippen molar-refractivity contribution in [2.75, 3.05) is 13.1 Å². The third kappa shape index (κ3) is 1.69. The molecule has 3 heteroatoms. The Morgan fingerprint density at radius 1 is 1.28 bits per heavy atom. The quantitative estimate of drug-likeness (QED) is 0.750. The van der Waals surface area contributed by atoms with E-state index in [9.17, 15) is 10.2 Å². The molecule has 1 aromatic rings. The van der Waals surface area contributed by atoms with Crippen molar-refractivity contribution >= 4 is 0 Å². The average Bonchev–Trinajstić information content (AvgIpc) is 2.41. The summed E-state index contributed by atoms with van der Waals surface area (Å²) in [6, 6.07) is 4.28. The number of hydrogen-bond donors (Lipinski definition) is 2. The first-order chi connectivity index (χ1) is 8.72. The van der Waals surface area contributed by atoms with Crippen LogP contribution < -0.4 is 0 Å². The molecular weight excluding hydrogens is 226 g/mol. The van der Waals surface area contributed by atoms with Crippen LogP contribution in [-0.4, -0.2) is 34.2 Å². The molecule has 3 rings (SSSR count). The fourth-order valence-corrected chi connectivity index (χ4v) is 3.81. The van der Waals surface area contributed by atoms with Crippen molar-refractivity contribution in [1.29, 1.82) is 0 Å². The summed E-state index contributed by atoms with van der Waals surface area (Å²) in [5.74, 6) is 0.670. The Balaban J connectivity index is 2.00. The van der Waals surface area contributed by atoms with E-state index in [-0.39, 0.29) is 11.5 Å². The highest BCUT2D eigenvalue weighted by Crippen LogP contribution is 2.45. The van der Waals surface area contributed by atoms with Crippen molar-refractivity contribution in [3.63, 3.8) is 0 Å². The summed E-state index contributed by atoms with van der Waals surface area (Å²) in [5.41, 5.74) is 2.24. The molecule has 0 bridgehead atoms. The lowest BCUT2D eigenvalue weighted by molar-refractivity contribution is 0.118. The summed E-state index contributed by atoms with van der Waals surface area (Å²) in [6.45, 7) is 4.55. The lowest BCUT2D eigenvalue weighted by Crippen LogP contribution is -2.46. The third-order valence-electron chi connectivity index (χ3n) is 4.69. The maximum Gasteiger partial charge on any atom is 0.160 e. The number of aromatic hydroxyl groups is 2. The summed E-state index contributed by atoms with van der Waals surface area (Å²) in [7, 11) is 0. The van der Waals surface area contributed by atoms with Crippen LogP contribution in [-0.2, 0) is 6.42 Å². The van der Waals surface area contributed by atoms with Crippen molar-refractivity contribution in [2.45, 2.75) is 44.6 Å². The lowest BCUT2D eigenvalue weighted by atomic mass is 9.74. The SMILES string of the molecule is CCN1CCC[C@H]2c3ccc(O)c(O)c3CCC21. The molecule has 1 fully saturated rings. The van der Waals surface area contributed by atoms with Gasteiger partial charge in [0.2, 0.25) is 0 Å². The fourth-order valence-electron chi connectivity index (χ4n) is 3.81. The number of fused-ring (bicyclic) bond motifs is 3. The Hall–Kier alpha value is -1.22. The van der Waals surface area contributed by atoms with Crippen LogP contribution in [0.4, 0.5) is 0 Å². The molecule has 2 aliphatic rings. The highest BCUT2D eigenvalue weighted by atomic mass is 16.3. The van der Waals surface area contributed by atoms with Crippen molar-refractivity contribution in [1.82, 2.24) is 4.90 Å². The summed E-state index contributed by atoms with van der Waals surface area (Å²) in [4.78, 5) is 2.57. The van der Waals surface area contributed by atoms with Crippen LogP contribution in [0.1, 0.15) is 43.2 Å².